The lowest BCUT2D eigenvalue weighted by Crippen LogP contribution is -2.47. The minimum atomic E-state index is -0.733. The van der Waals surface area contributed by atoms with E-state index >= 15 is 0 Å². The summed E-state index contributed by atoms with van der Waals surface area (Å²) < 4.78 is 5.68. The van der Waals surface area contributed by atoms with Crippen LogP contribution in [0.15, 0.2) is 42.5 Å². The van der Waals surface area contributed by atoms with Crippen LogP contribution in [0.4, 0.5) is 0 Å². The zero-order valence-corrected chi connectivity index (χ0v) is 14.3. The van der Waals surface area contributed by atoms with E-state index < -0.39 is 12.0 Å². The molecular formula is C19H22N2O3. The van der Waals surface area contributed by atoms with Gasteiger partial charge in [0.1, 0.15) is 5.75 Å². The van der Waals surface area contributed by atoms with E-state index in [4.69, 9.17) is 4.74 Å². The molecule has 0 aliphatic rings. The van der Waals surface area contributed by atoms with E-state index in [1.165, 1.54) is 0 Å². The number of carbonyl (C=O) groups excluding carboxylic acids is 2. The second-order valence-electron chi connectivity index (χ2n) is 5.84. The van der Waals surface area contributed by atoms with Gasteiger partial charge in [-0.2, -0.15) is 0 Å². The van der Waals surface area contributed by atoms with E-state index in [1.54, 1.807) is 19.1 Å². The summed E-state index contributed by atoms with van der Waals surface area (Å²) in [5.74, 6) is -0.138. The van der Waals surface area contributed by atoms with Gasteiger partial charge >= 0.3 is 0 Å². The minimum Gasteiger partial charge on any atom is -0.481 e. The Morgan fingerprint density at radius 2 is 1.54 bits per heavy atom. The first kappa shape index (κ1) is 17.5. The Bertz CT molecular complexity index is 739. The van der Waals surface area contributed by atoms with E-state index in [-0.39, 0.29) is 5.91 Å². The largest absolute Gasteiger partial charge is 0.481 e. The van der Waals surface area contributed by atoms with E-state index in [0.717, 1.165) is 16.7 Å². The van der Waals surface area contributed by atoms with Gasteiger partial charge in [0, 0.05) is 5.56 Å². The molecule has 2 aromatic carbocycles. The van der Waals surface area contributed by atoms with Crippen molar-refractivity contribution >= 4 is 11.8 Å². The molecule has 0 saturated heterocycles. The van der Waals surface area contributed by atoms with Crippen molar-refractivity contribution in [3.63, 3.8) is 0 Å². The van der Waals surface area contributed by atoms with E-state index in [9.17, 15) is 9.59 Å². The van der Waals surface area contributed by atoms with Gasteiger partial charge in [-0.25, -0.2) is 0 Å². The highest BCUT2D eigenvalue weighted by Crippen LogP contribution is 2.20. The fraction of sp³-hybridized carbons (Fsp3) is 0.263. The number of ether oxygens (including phenoxy) is 1. The van der Waals surface area contributed by atoms with Crippen LogP contribution in [0, 0.1) is 20.8 Å². The normalized spacial score (nSPS) is 11.5. The van der Waals surface area contributed by atoms with Gasteiger partial charge < -0.3 is 4.74 Å². The van der Waals surface area contributed by atoms with Crippen LogP contribution in [-0.4, -0.2) is 17.9 Å². The molecule has 0 aliphatic carbocycles. The monoisotopic (exact) mass is 326 g/mol. The average Bonchev–Trinajstić information content (AvgIpc) is 2.56. The SMILES string of the molecule is Cc1ccc(C(=O)NNC(=O)C(C)Oc2cc(C)ccc2C)cc1. The van der Waals surface area contributed by atoms with Crippen LogP contribution < -0.4 is 15.6 Å². The molecule has 2 N–H and O–H groups in total. The van der Waals surface area contributed by atoms with E-state index in [0.29, 0.717) is 11.3 Å². The fourth-order valence-electron chi connectivity index (χ4n) is 2.08. The first-order chi connectivity index (χ1) is 11.4. The molecule has 0 heterocycles. The first-order valence-electron chi connectivity index (χ1n) is 7.77. The summed E-state index contributed by atoms with van der Waals surface area (Å²) >= 11 is 0. The lowest BCUT2D eigenvalue weighted by molar-refractivity contribution is -0.128. The van der Waals surface area contributed by atoms with Crippen molar-refractivity contribution in [2.75, 3.05) is 0 Å². The summed E-state index contributed by atoms with van der Waals surface area (Å²) in [5.41, 5.74) is 8.32. The van der Waals surface area contributed by atoms with Crippen LogP contribution in [0.25, 0.3) is 0 Å². The molecule has 0 spiro atoms. The topological polar surface area (TPSA) is 67.4 Å². The molecule has 1 unspecified atom stereocenters. The van der Waals surface area contributed by atoms with Crippen molar-refractivity contribution in [3.8, 4) is 5.75 Å². The Morgan fingerprint density at radius 3 is 2.21 bits per heavy atom. The van der Waals surface area contributed by atoms with Crippen LogP contribution in [0.2, 0.25) is 0 Å². The summed E-state index contributed by atoms with van der Waals surface area (Å²) in [7, 11) is 0. The lowest BCUT2D eigenvalue weighted by Gasteiger charge is -2.17. The van der Waals surface area contributed by atoms with Gasteiger partial charge in [-0.3, -0.25) is 20.4 Å². The Morgan fingerprint density at radius 1 is 0.917 bits per heavy atom. The summed E-state index contributed by atoms with van der Waals surface area (Å²) in [6, 6.07) is 12.9. The van der Waals surface area contributed by atoms with Crippen molar-refractivity contribution in [2.45, 2.75) is 33.8 Å². The maximum absolute atomic E-state index is 12.1. The third-order valence-electron chi connectivity index (χ3n) is 3.63. The number of rotatable bonds is 4. The number of hydrogen-bond acceptors (Lipinski definition) is 3. The van der Waals surface area contributed by atoms with Gasteiger partial charge in [-0.15, -0.1) is 0 Å². The molecule has 24 heavy (non-hydrogen) atoms. The molecule has 2 aromatic rings. The average molecular weight is 326 g/mol. The molecule has 0 saturated carbocycles. The first-order valence-corrected chi connectivity index (χ1v) is 7.77. The molecular weight excluding hydrogens is 304 g/mol. The Kier molecular flexibility index (Phi) is 5.58. The second kappa shape index (κ2) is 7.64. The quantitative estimate of drug-likeness (QED) is 0.849. The van der Waals surface area contributed by atoms with Crippen LogP contribution in [0.3, 0.4) is 0 Å². The van der Waals surface area contributed by atoms with Crippen LogP contribution in [-0.2, 0) is 4.79 Å². The Hall–Kier alpha value is -2.82. The van der Waals surface area contributed by atoms with Gasteiger partial charge in [0.2, 0.25) is 0 Å². The highest BCUT2D eigenvalue weighted by molar-refractivity contribution is 5.95. The highest BCUT2D eigenvalue weighted by Gasteiger charge is 2.16. The van der Waals surface area contributed by atoms with Crippen molar-refractivity contribution in [2.24, 2.45) is 0 Å². The summed E-state index contributed by atoms with van der Waals surface area (Å²) in [6.07, 6.45) is -0.733. The van der Waals surface area contributed by atoms with Crippen molar-refractivity contribution in [3.05, 3.63) is 64.7 Å². The molecule has 5 nitrogen and oxygen atoms in total. The number of hydrazine groups is 1. The van der Waals surface area contributed by atoms with Gasteiger partial charge in [0.05, 0.1) is 0 Å². The molecule has 0 radical (unpaired) electrons. The second-order valence-corrected chi connectivity index (χ2v) is 5.84. The predicted octanol–water partition coefficient (Wildman–Crippen LogP) is 2.84. The number of carbonyl (C=O) groups is 2. The lowest BCUT2D eigenvalue weighted by atomic mass is 10.1. The van der Waals surface area contributed by atoms with Crippen LogP contribution in [0.1, 0.15) is 34.0 Å². The van der Waals surface area contributed by atoms with E-state index in [2.05, 4.69) is 10.9 Å². The smallest absolute Gasteiger partial charge is 0.279 e. The number of benzene rings is 2. The molecule has 5 heteroatoms. The van der Waals surface area contributed by atoms with Crippen molar-refractivity contribution in [1.29, 1.82) is 0 Å². The third-order valence-corrected chi connectivity index (χ3v) is 3.63. The molecule has 126 valence electrons. The van der Waals surface area contributed by atoms with Crippen LogP contribution >= 0.6 is 0 Å². The molecule has 0 bridgehead atoms. The molecule has 1 atom stereocenters. The van der Waals surface area contributed by atoms with Crippen molar-refractivity contribution < 1.29 is 14.3 Å². The Balaban J connectivity index is 1.90. The highest BCUT2D eigenvalue weighted by atomic mass is 16.5. The molecule has 0 fully saturated rings. The standard InChI is InChI=1S/C19H22N2O3/c1-12-6-9-16(10-7-12)19(23)21-20-18(22)15(4)24-17-11-13(2)5-8-14(17)3/h5-11,15H,1-4H3,(H,20,22)(H,21,23). The third kappa shape index (κ3) is 4.59. The zero-order valence-electron chi connectivity index (χ0n) is 14.3. The zero-order chi connectivity index (χ0) is 17.7. The van der Waals surface area contributed by atoms with Crippen LogP contribution in [0.5, 0.6) is 5.75 Å². The fourth-order valence-corrected chi connectivity index (χ4v) is 2.08. The summed E-state index contributed by atoms with van der Waals surface area (Å²) in [6.45, 7) is 7.45. The maximum atomic E-state index is 12.1. The predicted molar refractivity (Wildman–Crippen MR) is 92.8 cm³/mol. The summed E-state index contributed by atoms with van der Waals surface area (Å²) in [5, 5.41) is 0. The molecule has 2 rings (SSSR count). The van der Waals surface area contributed by atoms with E-state index in [1.807, 2.05) is 51.1 Å². The molecule has 0 aromatic heterocycles. The minimum absolute atomic E-state index is 0.373. The summed E-state index contributed by atoms with van der Waals surface area (Å²) in [4.78, 5) is 24.1. The number of aryl methyl sites for hydroxylation is 3. The van der Waals surface area contributed by atoms with Crippen molar-refractivity contribution in [1.82, 2.24) is 10.9 Å². The Labute approximate surface area is 142 Å². The number of nitrogens with one attached hydrogen (secondary N) is 2. The number of amides is 2. The van der Waals surface area contributed by atoms with Gasteiger partial charge in [0.25, 0.3) is 11.8 Å². The molecule has 0 aliphatic heterocycles. The van der Waals surface area contributed by atoms with Gasteiger partial charge in [-0.1, -0.05) is 29.8 Å². The number of hydrogen-bond donors (Lipinski definition) is 2. The maximum Gasteiger partial charge on any atom is 0.279 e. The molecule has 2 amide bonds. The van der Waals surface area contributed by atoms with Gasteiger partial charge in [0.15, 0.2) is 6.10 Å². The van der Waals surface area contributed by atoms with Gasteiger partial charge in [-0.05, 0) is 57.0 Å².